The third-order valence-electron chi connectivity index (χ3n) is 3.98. The third kappa shape index (κ3) is 3.19. The molecule has 0 atom stereocenters. The van der Waals surface area contributed by atoms with Crippen LogP contribution < -0.4 is 14.4 Å². The molecule has 0 aliphatic carbocycles. The highest BCUT2D eigenvalue weighted by molar-refractivity contribution is 5.65. The molecule has 0 saturated carbocycles. The number of hydrogen-bond acceptors (Lipinski definition) is 3. The Hall–Kier alpha value is -2.16. The zero-order chi connectivity index (χ0) is 15.4. The second-order valence-corrected chi connectivity index (χ2v) is 5.65. The third-order valence-corrected chi connectivity index (χ3v) is 3.98. The fourth-order valence-corrected chi connectivity index (χ4v) is 2.67. The van der Waals surface area contributed by atoms with Gasteiger partial charge in [0.1, 0.15) is 11.5 Å². The highest BCUT2D eigenvalue weighted by Gasteiger charge is 2.12. The first kappa shape index (κ1) is 14.8. The van der Waals surface area contributed by atoms with Gasteiger partial charge in [-0.15, -0.1) is 0 Å². The molecule has 2 aromatic carbocycles. The first-order valence-corrected chi connectivity index (χ1v) is 8.00. The zero-order valence-corrected chi connectivity index (χ0v) is 13.3. The Morgan fingerprint density at radius 1 is 1.09 bits per heavy atom. The minimum Gasteiger partial charge on any atom is -0.494 e. The van der Waals surface area contributed by atoms with E-state index >= 15 is 0 Å². The van der Waals surface area contributed by atoms with Crippen LogP contribution in [0.4, 0.5) is 11.4 Å². The SMILES string of the molecule is CCCOc1ccc(N(C)c2ccc3c(c2)OCCC3)cc1. The van der Waals surface area contributed by atoms with E-state index < -0.39 is 0 Å². The summed E-state index contributed by atoms with van der Waals surface area (Å²) in [4.78, 5) is 2.17. The smallest absolute Gasteiger partial charge is 0.124 e. The molecule has 2 aromatic rings. The predicted molar refractivity (Wildman–Crippen MR) is 90.5 cm³/mol. The van der Waals surface area contributed by atoms with Gasteiger partial charge in [-0.3, -0.25) is 0 Å². The van der Waals surface area contributed by atoms with Crippen molar-refractivity contribution in [1.82, 2.24) is 0 Å². The summed E-state index contributed by atoms with van der Waals surface area (Å²) >= 11 is 0. The first-order chi connectivity index (χ1) is 10.8. The van der Waals surface area contributed by atoms with Crippen LogP contribution in [0.1, 0.15) is 25.3 Å². The quantitative estimate of drug-likeness (QED) is 0.807. The Morgan fingerprint density at radius 3 is 2.64 bits per heavy atom. The van der Waals surface area contributed by atoms with E-state index in [1.165, 1.54) is 5.56 Å². The molecule has 0 unspecified atom stereocenters. The van der Waals surface area contributed by atoms with Gasteiger partial charge in [0.15, 0.2) is 0 Å². The van der Waals surface area contributed by atoms with Crippen LogP contribution in [-0.2, 0) is 6.42 Å². The lowest BCUT2D eigenvalue weighted by Crippen LogP contribution is -2.12. The second-order valence-electron chi connectivity index (χ2n) is 5.65. The van der Waals surface area contributed by atoms with Gasteiger partial charge < -0.3 is 14.4 Å². The highest BCUT2D eigenvalue weighted by atomic mass is 16.5. The Kier molecular flexibility index (Phi) is 4.52. The molecule has 1 heterocycles. The van der Waals surface area contributed by atoms with Crippen molar-refractivity contribution in [3.8, 4) is 11.5 Å². The molecule has 22 heavy (non-hydrogen) atoms. The zero-order valence-electron chi connectivity index (χ0n) is 13.3. The lowest BCUT2D eigenvalue weighted by atomic mass is 10.1. The van der Waals surface area contributed by atoms with Crippen molar-refractivity contribution < 1.29 is 9.47 Å². The Morgan fingerprint density at radius 2 is 1.86 bits per heavy atom. The molecule has 1 aliphatic heterocycles. The van der Waals surface area contributed by atoms with Crippen LogP contribution in [0.2, 0.25) is 0 Å². The van der Waals surface area contributed by atoms with Crippen LogP contribution in [0.3, 0.4) is 0 Å². The molecule has 1 aliphatic rings. The van der Waals surface area contributed by atoms with Crippen LogP contribution in [-0.4, -0.2) is 20.3 Å². The summed E-state index contributed by atoms with van der Waals surface area (Å²) in [5, 5.41) is 0. The standard InChI is InChI=1S/C19H23NO2/c1-3-12-21-18-10-8-16(9-11-18)20(2)17-7-6-15-5-4-13-22-19(15)14-17/h6-11,14H,3-5,12-13H2,1-2H3. The summed E-state index contributed by atoms with van der Waals surface area (Å²) in [6.45, 7) is 3.70. The highest BCUT2D eigenvalue weighted by Crippen LogP contribution is 2.32. The van der Waals surface area contributed by atoms with Gasteiger partial charge in [-0.25, -0.2) is 0 Å². The number of nitrogens with zero attached hydrogens (tertiary/aromatic N) is 1. The molecule has 0 radical (unpaired) electrons. The van der Waals surface area contributed by atoms with Gasteiger partial charge in [0, 0.05) is 24.5 Å². The molecular formula is C19H23NO2. The van der Waals surface area contributed by atoms with Crippen LogP contribution in [0.5, 0.6) is 11.5 Å². The molecule has 3 nitrogen and oxygen atoms in total. The molecule has 0 saturated heterocycles. The minimum absolute atomic E-state index is 0.761. The van der Waals surface area contributed by atoms with Crippen molar-refractivity contribution in [2.24, 2.45) is 0 Å². The Labute approximate surface area is 132 Å². The monoisotopic (exact) mass is 297 g/mol. The van der Waals surface area contributed by atoms with Gasteiger partial charge in [-0.2, -0.15) is 0 Å². The maximum Gasteiger partial charge on any atom is 0.124 e. The van der Waals surface area contributed by atoms with Crippen LogP contribution in [0.15, 0.2) is 42.5 Å². The van der Waals surface area contributed by atoms with Gasteiger partial charge in [0.05, 0.1) is 13.2 Å². The van der Waals surface area contributed by atoms with Crippen molar-refractivity contribution in [2.75, 3.05) is 25.2 Å². The van der Waals surface area contributed by atoms with Crippen molar-refractivity contribution in [3.05, 3.63) is 48.0 Å². The summed E-state index contributed by atoms with van der Waals surface area (Å²) in [5.41, 5.74) is 3.59. The molecule has 0 N–H and O–H groups in total. The molecule has 0 bridgehead atoms. The fraction of sp³-hybridized carbons (Fsp3) is 0.368. The molecule has 3 rings (SSSR count). The van der Waals surface area contributed by atoms with E-state index in [4.69, 9.17) is 9.47 Å². The lowest BCUT2D eigenvalue weighted by molar-refractivity contribution is 0.288. The minimum atomic E-state index is 0.761. The summed E-state index contributed by atoms with van der Waals surface area (Å²) in [5.74, 6) is 1.95. The molecular weight excluding hydrogens is 274 g/mol. The van der Waals surface area contributed by atoms with E-state index in [1.54, 1.807) is 0 Å². The summed E-state index contributed by atoms with van der Waals surface area (Å²) in [7, 11) is 2.08. The number of benzene rings is 2. The van der Waals surface area contributed by atoms with Crippen molar-refractivity contribution in [2.45, 2.75) is 26.2 Å². The maximum atomic E-state index is 5.77. The van der Waals surface area contributed by atoms with Crippen LogP contribution in [0.25, 0.3) is 0 Å². The Bertz CT molecular complexity index is 622. The second kappa shape index (κ2) is 6.73. The van der Waals surface area contributed by atoms with Gasteiger partial charge in [0.2, 0.25) is 0 Å². The number of ether oxygens (including phenoxy) is 2. The van der Waals surface area contributed by atoms with E-state index in [0.717, 1.165) is 55.4 Å². The van der Waals surface area contributed by atoms with Gasteiger partial charge in [-0.05, 0) is 55.2 Å². The molecule has 0 aromatic heterocycles. The predicted octanol–water partition coefficient (Wildman–Crippen LogP) is 4.57. The number of hydrogen-bond donors (Lipinski definition) is 0. The molecule has 0 fully saturated rings. The van der Waals surface area contributed by atoms with Crippen LogP contribution >= 0.6 is 0 Å². The summed E-state index contributed by atoms with van der Waals surface area (Å²) in [6.07, 6.45) is 3.25. The number of rotatable bonds is 5. The Balaban J connectivity index is 1.76. The van der Waals surface area contributed by atoms with E-state index in [0.29, 0.717) is 0 Å². The molecule has 0 amide bonds. The number of aryl methyl sites for hydroxylation is 1. The molecule has 3 heteroatoms. The van der Waals surface area contributed by atoms with Crippen LogP contribution in [0, 0.1) is 0 Å². The van der Waals surface area contributed by atoms with Gasteiger partial charge in [0.25, 0.3) is 0 Å². The normalized spacial score (nSPS) is 13.2. The van der Waals surface area contributed by atoms with Crippen molar-refractivity contribution >= 4 is 11.4 Å². The van der Waals surface area contributed by atoms with E-state index in [2.05, 4.69) is 49.2 Å². The topological polar surface area (TPSA) is 21.7 Å². The largest absolute Gasteiger partial charge is 0.494 e. The fourth-order valence-electron chi connectivity index (χ4n) is 2.67. The van der Waals surface area contributed by atoms with E-state index in [9.17, 15) is 0 Å². The van der Waals surface area contributed by atoms with Crippen molar-refractivity contribution in [3.63, 3.8) is 0 Å². The average molecular weight is 297 g/mol. The van der Waals surface area contributed by atoms with E-state index in [1.807, 2.05) is 12.1 Å². The maximum absolute atomic E-state index is 5.77. The number of fused-ring (bicyclic) bond motifs is 1. The van der Waals surface area contributed by atoms with Gasteiger partial charge >= 0.3 is 0 Å². The van der Waals surface area contributed by atoms with Gasteiger partial charge in [-0.1, -0.05) is 13.0 Å². The molecule has 0 spiro atoms. The summed E-state index contributed by atoms with van der Waals surface area (Å²) < 4.78 is 11.4. The number of anilines is 2. The average Bonchev–Trinajstić information content (AvgIpc) is 2.59. The summed E-state index contributed by atoms with van der Waals surface area (Å²) in [6, 6.07) is 14.7. The van der Waals surface area contributed by atoms with E-state index in [-0.39, 0.29) is 0 Å². The molecule has 116 valence electrons. The van der Waals surface area contributed by atoms with Crippen molar-refractivity contribution in [1.29, 1.82) is 0 Å². The lowest BCUT2D eigenvalue weighted by Gasteiger charge is -2.23. The first-order valence-electron chi connectivity index (χ1n) is 8.00.